The van der Waals surface area contributed by atoms with Gasteiger partial charge in [-0.2, -0.15) is 0 Å². The minimum atomic E-state index is -0.616. The molecule has 0 unspecified atom stereocenters. The van der Waals surface area contributed by atoms with E-state index in [4.69, 9.17) is 0 Å². The maximum absolute atomic E-state index is 13.3. The van der Waals surface area contributed by atoms with Crippen LogP contribution in [0.2, 0.25) is 0 Å². The summed E-state index contributed by atoms with van der Waals surface area (Å²) in [5.74, 6) is 0.0276. The molecule has 9 nitrogen and oxygen atoms in total. The van der Waals surface area contributed by atoms with Gasteiger partial charge in [-0.15, -0.1) is 0 Å². The van der Waals surface area contributed by atoms with Gasteiger partial charge in [0.2, 0.25) is 17.7 Å². The minimum absolute atomic E-state index is 0.00924. The number of hydrogen-bond acceptors (Lipinski definition) is 6. The fourth-order valence-corrected chi connectivity index (χ4v) is 4.09. The highest BCUT2D eigenvalue weighted by Gasteiger charge is 2.49. The van der Waals surface area contributed by atoms with Crippen molar-refractivity contribution >= 4 is 17.7 Å². The van der Waals surface area contributed by atoms with E-state index < -0.39 is 5.54 Å². The largest absolute Gasteiger partial charge is 0.347 e. The van der Waals surface area contributed by atoms with Crippen molar-refractivity contribution < 1.29 is 14.4 Å². The molecular formula is C20H30N6O3. The average molecular weight is 402 g/mol. The van der Waals surface area contributed by atoms with Crippen molar-refractivity contribution in [3.05, 3.63) is 24.3 Å². The summed E-state index contributed by atoms with van der Waals surface area (Å²) in [6.45, 7) is 2.50. The summed E-state index contributed by atoms with van der Waals surface area (Å²) in [5, 5.41) is 0. The molecule has 2 saturated heterocycles. The standard InChI is InChI=1S/C20H30N6O3/c1-23(2)18(28)14-26-11-10-24(3)20(19(26)29)6-8-25(9-7-20)17(27)5-4-16-12-21-15-22-13-16/h12-13,15H,4-11,14H2,1-3H3. The Labute approximate surface area is 171 Å². The van der Waals surface area contributed by atoms with Crippen LogP contribution in [0.25, 0.3) is 0 Å². The van der Waals surface area contributed by atoms with Crippen molar-refractivity contribution in [3.8, 4) is 0 Å². The topological polar surface area (TPSA) is 90.0 Å². The third-order valence-electron chi connectivity index (χ3n) is 6.13. The van der Waals surface area contributed by atoms with Gasteiger partial charge in [0.05, 0.1) is 6.54 Å². The number of likely N-dealkylation sites (tertiary alicyclic amines) is 1. The molecular weight excluding hydrogens is 372 g/mol. The number of piperazine rings is 1. The lowest BCUT2D eigenvalue weighted by Gasteiger charge is -2.51. The monoisotopic (exact) mass is 402 g/mol. The second-order valence-electron chi connectivity index (χ2n) is 8.10. The fourth-order valence-electron chi connectivity index (χ4n) is 4.09. The molecule has 3 amide bonds. The van der Waals surface area contributed by atoms with E-state index in [-0.39, 0.29) is 24.3 Å². The van der Waals surface area contributed by atoms with Crippen LogP contribution in [-0.4, -0.2) is 107 Å². The van der Waals surface area contributed by atoms with Gasteiger partial charge in [0.15, 0.2) is 0 Å². The highest BCUT2D eigenvalue weighted by Crippen LogP contribution is 2.33. The summed E-state index contributed by atoms with van der Waals surface area (Å²) in [6, 6.07) is 0. The normalized spacial score (nSPS) is 19.5. The number of carbonyl (C=O) groups excluding carboxylic acids is 3. The molecule has 2 fully saturated rings. The molecule has 3 heterocycles. The first-order valence-corrected chi connectivity index (χ1v) is 10.1. The smallest absolute Gasteiger partial charge is 0.243 e. The lowest BCUT2D eigenvalue weighted by Crippen LogP contribution is -2.68. The van der Waals surface area contributed by atoms with Crippen LogP contribution in [0.5, 0.6) is 0 Å². The van der Waals surface area contributed by atoms with Gasteiger partial charge in [-0.1, -0.05) is 0 Å². The molecule has 2 aliphatic rings. The molecule has 1 aromatic rings. The van der Waals surface area contributed by atoms with Gasteiger partial charge in [0, 0.05) is 59.1 Å². The van der Waals surface area contributed by atoms with Crippen LogP contribution in [0.1, 0.15) is 24.8 Å². The highest BCUT2D eigenvalue weighted by atomic mass is 16.2. The van der Waals surface area contributed by atoms with Crippen LogP contribution in [0.3, 0.4) is 0 Å². The summed E-state index contributed by atoms with van der Waals surface area (Å²) in [5.41, 5.74) is 0.326. The van der Waals surface area contributed by atoms with Crippen LogP contribution in [0.4, 0.5) is 0 Å². The Kier molecular flexibility index (Phi) is 6.46. The number of rotatable bonds is 5. The number of amides is 3. The van der Waals surface area contributed by atoms with Crippen LogP contribution >= 0.6 is 0 Å². The molecule has 1 aromatic heterocycles. The molecule has 158 valence electrons. The van der Waals surface area contributed by atoms with Crippen LogP contribution in [0, 0.1) is 0 Å². The van der Waals surface area contributed by atoms with Gasteiger partial charge < -0.3 is 14.7 Å². The highest BCUT2D eigenvalue weighted by molar-refractivity contribution is 5.91. The van der Waals surface area contributed by atoms with Gasteiger partial charge in [0.1, 0.15) is 11.9 Å². The first kappa shape index (κ1) is 21.2. The SMILES string of the molecule is CN(C)C(=O)CN1CCN(C)C2(CCN(C(=O)CCc3cncnc3)CC2)C1=O. The molecule has 29 heavy (non-hydrogen) atoms. The summed E-state index contributed by atoms with van der Waals surface area (Å²) in [7, 11) is 5.37. The number of aromatic nitrogens is 2. The zero-order valence-corrected chi connectivity index (χ0v) is 17.5. The average Bonchev–Trinajstić information content (AvgIpc) is 2.73. The number of piperidine rings is 1. The van der Waals surface area contributed by atoms with Crippen LogP contribution < -0.4 is 0 Å². The molecule has 0 atom stereocenters. The van der Waals surface area contributed by atoms with Crippen molar-refractivity contribution in [2.75, 3.05) is 53.9 Å². The van der Waals surface area contributed by atoms with E-state index >= 15 is 0 Å². The van der Waals surface area contributed by atoms with E-state index in [2.05, 4.69) is 14.9 Å². The molecule has 0 bridgehead atoms. The first-order valence-electron chi connectivity index (χ1n) is 10.1. The maximum atomic E-state index is 13.3. The predicted octanol–water partition coefficient (Wildman–Crippen LogP) is -0.367. The van der Waals surface area contributed by atoms with Gasteiger partial charge >= 0.3 is 0 Å². The van der Waals surface area contributed by atoms with Gasteiger partial charge in [0.25, 0.3) is 0 Å². The quantitative estimate of drug-likeness (QED) is 0.668. The third kappa shape index (κ3) is 4.55. The Hall–Kier alpha value is -2.55. The number of likely N-dealkylation sites (N-methyl/N-ethyl adjacent to an activating group) is 2. The number of carbonyl (C=O) groups is 3. The fraction of sp³-hybridized carbons (Fsp3) is 0.650. The molecule has 3 rings (SSSR count). The first-order chi connectivity index (χ1) is 13.8. The molecule has 0 radical (unpaired) electrons. The van der Waals surface area contributed by atoms with E-state index in [1.54, 1.807) is 31.4 Å². The zero-order chi connectivity index (χ0) is 21.0. The Bertz CT molecular complexity index is 746. The van der Waals surface area contributed by atoms with Crippen molar-refractivity contribution in [2.24, 2.45) is 0 Å². The number of aryl methyl sites for hydroxylation is 1. The van der Waals surface area contributed by atoms with E-state index in [0.29, 0.717) is 45.3 Å². The van der Waals surface area contributed by atoms with E-state index in [0.717, 1.165) is 12.1 Å². The van der Waals surface area contributed by atoms with Gasteiger partial charge in [-0.25, -0.2) is 9.97 Å². The summed E-state index contributed by atoms with van der Waals surface area (Å²) in [4.78, 5) is 53.1. The van der Waals surface area contributed by atoms with E-state index in [9.17, 15) is 14.4 Å². The summed E-state index contributed by atoms with van der Waals surface area (Å²) >= 11 is 0. The van der Waals surface area contributed by atoms with Gasteiger partial charge in [-0.3, -0.25) is 19.3 Å². The molecule has 0 aromatic carbocycles. The van der Waals surface area contributed by atoms with Crippen molar-refractivity contribution in [2.45, 2.75) is 31.2 Å². The van der Waals surface area contributed by atoms with Gasteiger partial charge in [-0.05, 0) is 31.9 Å². The molecule has 0 saturated carbocycles. The summed E-state index contributed by atoms with van der Waals surface area (Å²) in [6.07, 6.45) is 7.14. The van der Waals surface area contributed by atoms with Crippen molar-refractivity contribution in [1.29, 1.82) is 0 Å². The minimum Gasteiger partial charge on any atom is -0.347 e. The molecule has 9 heteroatoms. The Morgan fingerprint density at radius 3 is 2.38 bits per heavy atom. The maximum Gasteiger partial charge on any atom is 0.243 e. The summed E-state index contributed by atoms with van der Waals surface area (Å²) < 4.78 is 0. The molecule has 0 N–H and O–H groups in total. The van der Waals surface area contributed by atoms with E-state index in [1.807, 2.05) is 11.9 Å². The second kappa shape index (κ2) is 8.86. The Morgan fingerprint density at radius 2 is 1.76 bits per heavy atom. The van der Waals surface area contributed by atoms with Crippen LogP contribution in [0.15, 0.2) is 18.7 Å². The zero-order valence-electron chi connectivity index (χ0n) is 17.5. The molecule has 0 aliphatic carbocycles. The van der Waals surface area contributed by atoms with Crippen molar-refractivity contribution in [3.63, 3.8) is 0 Å². The van der Waals surface area contributed by atoms with E-state index in [1.165, 1.54) is 11.2 Å². The molecule has 2 aliphatic heterocycles. The predicted molar refractivity (Wildman–Crippen MR) is 107 cm³/mol. The number of nitrogens with zero attached hydrogens (tertiary/aromatic N) is 6. The Morgan fingerprint density at radius 1 is 1.10 bits per heavy atom. The Balaban J connectivity index is 1.58. The van der Waals surface area contributed by atoms with Crippen LogP contribution in [-0.2, 0) is 20.8 Å². The molecule has 1 spiro atoms. The third-order valence-corrected chi connectivity index (χ3v) is 6.13. The lowest BCUT2D eigenvalue weighted by molar-refractivity contribution is -0.159. The lowest BCUT2D eigenvalue weighted by atomic mass is 9.82. The van der Waals surface area contributed by atoms with Crippen molar-refractivity contribution in [1.82, 2.24) is 29.6 Å². The number of hydrogen-bond donors (Lipinski definition) is 0. The second-order valence-corrected chi connectivity index (χ2v) is 8.10.